The second-order valence-corrected chi connectivity index (χ2v) is 14.0. The van der Waals surface area contributed by atoms with Gasteiger partial charge in [-0.2, -0.15) is 8.42 Å². The number of benzene rings is 3. The smallest absolute Gasteiger partial charge is 0.294 e. The van der Waals surface area contributed by atoms with Gasteiger partial charge in [-0.3, -0.25) is 9.45 Å². The molecule has 0 unspecified atom stereocenters. The number of fused-ring (bicyclic) bond motifs is 2. The molecule has 228 valence electrons. The summed E-state index contributed by atoms with van der Waals surface area (Å²) < 4.78 is 36.9. The third-order valence-electron chi connectivity index (χ3n) is 8.23. The molecule has 1 aliphatic rings. The molecule has 1 fully saturated rings. The van der Waals surface area contributed by atoms with E-state index in [0.717, 1.165) is 47.3 Å². The van der Waals surface area contributed by atoms with Gasteiger partial charge in [-0.25, -0.2) is 0 Å². The van der Waals surface area contributed by atoms with Crippen molar-refractivity contribution in [2.75, 3.05) is 19.7 Å². The summed E-state index contributed by atoms with van der Waals surface area (Å²) in [5.74, 6) is 1.42. The van der Waals surface area contributed by atoms with Gasteiger partial charge in [0.1, 0.15) is 18.5 Å². The lowest BCUT2D eigenvalue weighted by Gasteiger charge is -2.38. The van der Waals surface area contributed by atoms with Crippen LogP contribution < -0.4 is 4.74 Å². The highest BCUT2D eigenvalue weighted by molar-refractivity contribution is 7.85. The first-order chi connectivity index (χ1) is 20.5. The quantitative estimate of drug-likeness (QED) is 0.166. The highest BCUT2D eigenvalue weighted by atomic mass is 32.2. The van der Waals surface area contributed by atoms with Crippen LogP contribution in [0.25, 0.3) is 21.0 Å². The number of aromatic amines is 1. The zero-order valence-corrected chi connectivity index (χ0v) is 26.7. The number of aliphatic hydroxyl groups is 1. The number of H-pyrrole nitrogens is 1. The number of hydrogen-bond donors (Lipinski definition) is 3. The Morgan fingerprint density at radius 3 is 2.53 bits per heavy atom. The Morgan fingerprint density at radius 1 is 1.05 bits per heavy atom. The third-order valence-corrected chi connectivity index (χ3v) is 10.2. The number of ether oxygens (including phenoxy) is 1. The maximum absolute atomic E-state index is 10.7. The number of aromatic nitrogens is 1. The lowest BCUT2D eigenvalue weighted by Crippen LogP contribution is -2.45. The van der Waals surface area contributed by atoms with Crippen LogP contribution >= 0.6 is 11.3 Å². The summed E-state index contributed by atoms with van der Waals surface area (Å²) in [5.41, 5.74) is 5.98. The molecule has 0 amide bonds. The Hall–Kier alpha value is -3.21. The van der Waals surface area contributed by atoms with E-state index in [0.29, 0.717) is 25.1 Å². The first-order valence-electron chi connectivity index (χ1n) is 14.6. The van der Waals surface area contributed by atoms with E-state index in [1.165, 1.54) is 33.3 Å². The van der Waals surface area contributed by atoms with Gasteiger partial charge in [0, 0.05) is 33.9 Å². The van der Waals surface area contributed by atoms with Crippen molar-refractivity contribution < 1.29 is 22.8 Å². The molecule has 3 aromatic carbocycles. The van der Waals surface area contributed by atoms with Crippen LogP contribution in [-0.4, -0.2) is 59.8 Å². The van der Waals surface area contributed by atoms with Crippen LogP contribution in [-0.2, 0) is 10.1 Å². The summed E-state index contributed by atoms with van der Waals surface area (Å²) in [6.07, 6.45) is 1.76. The van der Waals surface area contributed by atoms with Crippen LogP contribution in [0.2, 0.25) is 0 Å². The van der Waals surface area contributed by atoms with E-state index >= 15 is 0 Å². The molecule has 0 radical (unpaired) electrons. The van der Waals surface area contributed by atoms with Crippen molar-refractivity contribution in [2.24, 2.45) is 0 Å². The van der Waals surface area contributed by atoms with Crippen molar-refractivity contribution >= 4 is 42.4 Å². The first kappa shape index (κ1) is 31.2. The van der Waals surface area contributed by atoms with Gasteiger partial charge in [0.15, 0.2) is 0 Å². The zero-order valence-electron chi connectivity index (χ0n) is 25.1. The third kappa shape index (κ3) is 7.66. The summed E-state index contributed by atoms with van der Waals surface area (Å²) in [6.45, 7) is 10.3. The van der Waals surface area contributed by atoms with Crippen molar-refractivity contribution in [1.29, 1.82) is 0 Å². The molecule has 3 atom stereocenters. The molecular weight excluding hydrogens is 581 g/mol. The Labute approximate surface area is 257 Å². The van der Waals surface area contributed by atoms with Gasteiger partial charge in [-0.1, -0.05) is 29.8 Å². The number of hydrogen-bond acceptors (Lipinski definition) is 6. The molecule has 1 saturated heterocycles. The number of β-amino-alcohol motifs (C(OH)–C–C–N with tert-alkyl or cyclic N) is 1. The second kappa shape index (κ2) is 13.2. The topological polar surface area (TPSA) is 103 Å². The molecular formula is C34H40N2O5S2. The van der Waals surface area contributed by atoms with Crippen molar-refractivity contribution in [3.05, 3.63) is 94.5 Å². The average molecular weight is 621 g/mol. The molecule has 9 heteroatoms. The summed E-state index contributed by atoms with van der Waals surface area (Å²) in [4.78, 5) is 5.69. The SMILES string of the molecule is Cc1cc2c(OC[C@@H](O)CN3CC[C@H](c4ccc5scc(C)c5c4)C[C@H]3C)cccc2[nH]1.Cc1ccc(S(=O)(=O)O)cc1. The largest absolute Gasteiger partial charge is 0.490 e. The lowest BCUT2D eigenvalue weighted by atomic mass is 9.85. The maximum Gasteiger partial charge on any atom is 0.294 e. The fourth-order valence-electron chi connectivity index (χ4n) is 5.83. The number of nitrogens with one attached hydrogen (secondary N) is 1. The number of aryl methyl sites for hydroxylation is 3. The van der Waals surface area contributed by atoms with E-state index in [2.05, 4.69) is 59.4 Å². The Balaban J connectivity index is 0.000000283. The fourth-order valence-corrected chi connectivity index (χ4v) is 7.24. The van der Waals surface area contributed by atoms with Crippen molar-refractivity contribution in [1.82, 2.24) is 9.88 Å². The number of thiophene rings is 1. The standard InChI is InChI=1S/C27H32N2O2S.C7H8O3S/c1-17-16-32-27-8-7-20(13-23(17)27)21-9-10-29(19(3)12-21)14-22(30)15-31-26-6-4-5-25-24(26)11-18(2)28-25;1-6-2-4-7(5-3-6)11(8,9)10/h4-8,11,13,16,19,21-22,28,30H,9-10,12,14-15H2,1-3H3;2-5H,1H3,(H,8,9,10)/t19-,21+,22+;/m1./s1. The Bertz CT molecular complexity index is 1790. The van der Waals surface area contributed by atoms with Gasteiger partial charge >= 0.3 is 0 Å². The van der Waals surface area contributed by atoms with Gasteiger partial charge in [-0.05, 0) is 117 Å². The maximum atomic E-state index is 10.7. The van der Waals surface area contributed by atoms with E-state index in [1.807, 2.05) is 37.3 Å². The van der Waals surface area contributed by atoms with Crippen LogP contribution in [0.5, 0.6) is 5.75 Å². The van der Waals surface area contributed by atoms with E-state index in [4.69, 9.17) is 9.29 Å². The number of aliphatic hydroxyl groups excluding tert-OH is 1. The van der Waals surface area contributed by atoms with Gasteiger partial charge in [-0.15, -0.1) is 11.3 Å². The normalized spacial score (nSPS) is 18.4. The summed E-state index contributed by atoms with van der Waals surface area (Å²) >= 11 is 1.83. The lowest BCUT2D eigenvalue weighted by molar-refractivity contribution is 0.0406. The molecule has 2 aromatic heterocycles. The minimum atomic E-state index is -4.02. The number of nitrogens with zero attached hydrogens (tertiary/aromatic N) is 1. The van der Waals surface area contributed by atoms with Crippen molar-refractivity contribution in [3.63, 3.8) is 0 Å². The van der Waals surface area contributed by atoms with E-state index in [1.54, 1.807) is 12.1 Å². The Morgan fingerprint density at radius 2 is 1.81 bits per heavy atom. The molecule has 6 rings (SSSR count). The molecule has 0 spiro atoms. The van der Waals surface area contributed by atoms with E-state index in [-0.39, 0.29) is 4.90 Å². The molecule has 3 N–H and O–H groups in total. The predicted molar refractivity (Wildman–Crippen MR) is 175 cm³/mol. The average Bonchev–Trinajstić information content (AvgIpc) is 3.54. The van der Waals surface area contributed by atoms with Crippen molar-refractivity contribution in [3.8, 4) is 5.75 Å². The number of rotatable bonds is 7. The van der Waals surface area contributed by atoms with Gasteiger partial charge in [0.25, 0.3) is 10.1 Å². The van der Waals surface area contributed by atoms with Crippen LogP contribution in [0, 0.1) is 20.8 Å². The first-order valence-corrected chi connectivity index (χ1v) is 16.9. The van der Waals surface area contributed by atoms with Crippen LogP contribution in [0.3, 0.4) is 0 Å². The van der Waals surface area contributed by atoms with E-state index in [9.17, 15) is 13.5 Å². The summed E-state index contributed by atoms with van der Waals surface area (Å²) in [6, 6.07) is 21.5. The van der Waals surface area contributed by atoms with Crippen LogP contribution in [0.4, 0.5) is 0 Å². The minimum absolute atomic E-state index is 0.0666. The fraction of sp³-hybridized carbons (Fsp3) is 0.353. The summed E-state index contributed by atoms with van der Waals surface area (Å²) in [7, 11) is -4.02. The molecule has 5 aromatic rings. The zero-order chi connectivity index (χ0) is 30.7. The van der Waals surface area contributed by atoms with Crippen molar-refractivity contribution in [2.45, 2.75) is 63.5 Å². The number of likely N-dealkylation sites (tertiary alicyclic amines) is 1. The molecule has 43 heavy (non-hydrogen) atoms. The predicted octanol–water partition coefficient (Wildman–Crippen LogP) is 7.25. The number of piperidine rings is 1. The van der Waals surface area contributed by atoms with Crippen LogP contribution in [0.1, 0.15) is 48.1 Å². The van der Waals surface area contributed by atoms with E-state index < -0.39 is 16.2 Å². The Kier molecular flexibility index (Phi) is 9.58. The molecule has 0 aliphatic carbocycles. The van der Waals surface area contributed by atoms with Gasteiger partial charge in [0.2, 0.25) is 0 Å². The monoisotopic (exact) mass is 620 g/mol. The highest BCUT2D eigenvalue weighted by Crippen LogP contribution is 2.35. The van der Waals surface area contributed by atoms with Gasteiger partial charge < -0.3 is 14.8 Å². The molecule has 1 aliphatic heterocycles. The van der Waals surface area contributed by atoms with Gasteiger partial charge in [0.05, 0.1) is 4.90 Å². The molecule has 7 nitrogen and oxygen atoms in total. The molecule has 0 saturated carbocycles. The minimum Gasteiger partial charge on any atom is -0.490 e. The molecule has 0 bridgehead atoms. The highest BCUT2D eigenvalue weighted by Gasteiger charge is 2.28. The molecule has 3 heterocycles. The summed E-state index contributed by atoms with van der Waals surface area (Å²) in [5, 5.41) is 15.4. The second-order valence-electron chi connectivity index (χ2n) is 11.7. The van der Waals surface area contributed by atoms with Crippen LogP contribution in [0.15, 0.2) is 77.0 Å².